The minimum absolute atomic E-state index is 0.0955. The van der Waals surface area contributed by atoms with Crippen molar-refractivity contribution in [1.82, 2.24) is 0 Å². The number of carbonyl (C=O) groups is 1. The summed E-state index contributed by atoms with van der Waals surface area (Å²) in [7, 11) is 0. The van der Waals surface area contributed by atoms with Gasteiger partial charge in [-0.25, -0.2) is 0 Å². The average molecular weight is 196 g/mol. The SMILES string of the molecule is CCC(C)(C)C(=O)C1CCCC(C)C1. The van der Waals surface area contributed by atoms with Crippen LogP contribution in [0.25, 0.3) is 0 Å². The highest BCUT2D eigenvalue weighted by Gasteiger charge is 2.34. The average Bonchev–Trinajstić information content (AvgIpc) is 2.16. The molecule has 0 aliphatic heterocycles. The van der Waals surface area contributed by atoms with E-state index in [9.17, 15) is 4.79 Å². The molecule has 0 aromatic heterocycles. The zero-order valence-corrected chi connectivity index (χ0v) is 10.1. The molecule has 82 valence electrons. The fourth-order valence-corrected chi connectivity index (χ4v) is 2.40. The third kappa shape index (κ3) is 2.59. The van der Waals surface area contributed by atoms with E-state index in [1.54, 1.807) is 0 Å². The fraction of sp³-hybridized carbons (Fsp3) is 0.923. The summed E-state index contributed by atoms with van der Waals surface area (Å²) >= 11 is 0. The second kappa shape index (κ2) is 4.46. The van der Waals surface area contributed by atoms with E-state index in [1.807, 2.05) is 0 Å². The Labute approximate surface area is 88.3 Å². The summed E-state index contributed by atoms with van der Waals surface area (Å²) in [4.78, 5) is 12.2. The minimum Gasteiger partial charge on any atom is -0.299 e. The Bertz CT molecular complexity index is 205. The standard InChI is InChI=1S/C13H24O/c1-5-13(3,4)12(14)11-8-6-7-10(2)9-11/h10-11H,5-9H2,1-4H3. The van der Waals surface area contributed by atoms with Gasteiger partial charge in [-0.3, -0.25) is 4.79 Å². The summed E-state index contributed by atoms with van der Waals surface area (Å²) < 4.78 is 0. The van der Waals surface area contributed by atoms with Crippen LogP contribution in [0.4, 0.5) is 0 Å². The van der Waals surface area contributed by atoms with Crippen LogP contribution in [-0.4, -0.2) is 5.78 Å². The van der Waals surface area contributed by atoms with Crippen molar-refractivity contribution in [2.24, 2.45) is 17.3 Å². The van der Waals surface area contributed by atoms with E-state index >= 15 is 0 Å². The Balaban J connectivity index is 2.60. The molecule has 1 heteroatoms. The fourth-order valence-electron chi connectivity index (χ4n) is 2.40. The molecule has 0 amide bonds. The summed E-state index contributed by atoms with van der Waals surface area (Å²) in [6, 6.07) is 0. The lowest BCUT2D eigenvalue weighted by atomic mass is 9.72. The van der Waals surface area contributed by atoms with Gasteiger partial charge in [0.1, 0.15) is 5.78 Å². The van der Waals surface area contributed by atoms with Crippen molar-refractivity contribution in [2.75, 3.05) is 0 Å². The van der Waals surface area contributed by atoms with Crippen LogP contribution >= 0.6 is 0 Å². The maximum atomic E-state index is 12.2. The van der Waals surface area contributed by atoms with Crippen LogP contribution in [0.3, 0.4) is 0 Å². The smallest absolute Gasteiger partial charge is 0.141 e. The van der Waals surface area contributed by atoms with E-state index in [4.69, 9.17) is 0 Å². The topological polar surface area (TPSA) is 17.1 Å². The largest absolute Gasteiger partial charge is 0.299 e. The molecule has 2 unspecified atom stereocenters. The van der Waals surface area contributed by atoms with E-state index in [-0.39, 0.29) is 5.41 Å². The molecule has 1 aliphatic rings. The Hall–Kier alpha value is -0.330. The van der Waals surface area contributed by atoms with Crippen LogP contribution in [0.5, 0.6) is 0 Å². The molecule has 14 heavy (non-hydrogen) atoms. The van der Waals surface area contributed by atoms with Crippen molar-refractivity contribution >= 4 is 5.78 Å². The molecule has 1 saturated carbocycles. The van der Waals surface area contributed by atoms with Gasteiger partial charge in [0.15, 0.2) is 0 Å². The molecule has 0 heterocycles. The van der Waals surface area contributed by atoms with Crippen LogP contribution in [0.2, 0.25) is 0 Å². The minimum atomic E-state index is -0.0955. The lowest BCUT2D eigenvalue weighted by molar-refractivity contribution is -0.132. The van der Waals surface area contributed by atoms with Gasteiger partial charge < -0.3 is 0 Å². The van der Waals surface area contributed by atoms with Crippen molar-refractivity contribution in [3.8, 4) is 0 Å². The van der Waals surface area contributed by atoms with Crippen molar-refractivity contribution in [2.45, 2.75) is 59.8 Å². The van der Waals surface area contributed by atoms with E-state index < -0.39 is 0 Å². The molecule has 0 aromatic carbocycles. The Morgan fingerprint density at radius 3 is 2.50 bits per heavy atom. The van der Waals surface area contributed by atoms with Crippen molar-refractivity contribution < 1.29 is 4.79 Å². The molecule has 0 saturated heterocycles. The molecule has 0 radical (unpaired) electrons. The molecule has 0 bridgehead atoms. The van der Waals surface area contributed by atoms with Gasteiger partial charge in [-0.05, 0) is 25.2 Å². The first-order valence-electron chi connectivity index (χ1n) is 6.01. The van der Waals surface area contributed by atoms with Crippen LogP contribution in [0.1, 0.15) is 59.8 Å². The number of hydrogen-bond donors (Lipinski definition) is 0. The third-order valence-electron chi connectivity index (χ3n) is 3.86. The Morgan fingerprint density at radius 1 is 1.36 bits per heavy atom. The van der Waals surface area contributed by atoms with Gasteiger partial charge in [-0.15, -0.1) is 0 Å². The van der Waals surface area contributed by atoms with E-state index in [0.29, 0.717) is 11.7 Å². The maximum Gasteiger partial charge on any atom is 0.141 e. The summed E-state index contributed by atoms with van der Waals surface area (Å²) in [5, 5.41) is 0. The predicted molar refractivity (Wildman–Crippen MR) is 60.2 cm³/mol. The van der Waals surface area contributed by atoms with E-state index in [1.165, 1.54) is 12.8 Å². The van der Waals surface area contributed by atoms with E-state index in [0.717, 1.165) is 25.2 Å². The Morgan fingerprint density at radius 2 is 2.00 bits per heavy atom. The first kappa shape index (κ1) is 11.7. The highest BCUT2D eigenvalue weighted by atomic mass is 16.1. The summed E-state index contributed by atoms with van der Waals surface area (Å²) in [5.74, 6) is 1.62. The quantitative estimate of drug-likeness (QED) is 0.670. The van der Waals surface area contributed by atoms with E-state index in [2.05, 4.69) is 27.7 Å². The van der Waals surface area contributed by atoms with Gasteiger partial charge in [0.05, 0.1) is 0 Å². The molecular formula is C13H24O. The van der Waals surface area contributed by atoms with Crippen molar-refractivity contribution in [1.29, 1.82) is 0 Å². The van der Waals surface area contributed by atoms with Gasteiger partial charge in [-0.2, -0.15) is 0 Å². The lowest BCUT2D eigenvalue weighted by Crippen LogP contribution is -2.33. The van der Waals surface area contributed by atoms with Gasteiger partial charge >= 0.3 is 0 Å². The summed E-state index contributed by atoms with van der Waals surface area (Å²) in [6.45, 7) is 8.58. The summed E-state index contributed by atoms with van der Waals surface area (Å²) in [6.07, 6.45) is 5.79. The first-order chi connectivity index (χ1) is 6.47. The van der Waals surface area contributed by atoms with Crippen molar-refractivity contribution in [3.05, 3.63) is 0 Å². The maximum absolute atomic E-state index is 12.2. The molecule has 1 fully saturated rings. The second-order valence-electron chi connectivity index (χ2n) is 5.57. The van der Waals surface area contributed by atoms with Crippen molar-refractivity contribution in [3.63, 3.8) is 0 Å². The number of ketones is 1. The van der Waals surface area contributed by atoms with Crippen LogP contribution < -0.4 is 0 Å². The molecule has 1 aliphatic carbocycles. The van der Waals surface area contributed by atoms with Gasteiger partial charge in [0.2, 0.25) is 0 Å². The molecular weight excluding hydrogens is 172 g/mol. The molecule has 1 nitrogen and oxygen atoms in total. The molecule has 0 N–H and O–H groups in total. The van der Waals surface area contributed by atoms with Gasteiger partial charge in [0, 0.05) is 11.3 Å². The van der Waals surface area contributed by atoms with Gasteiger partial charge in [-0.1, -0.05) is 40.5 Å². The Kier molecular flexibility index (Phi) is 3.74. The first-order valence-corrected chi connectivity index (χ1v) is 6.01. The highest BCUT2D eigenvalue weighted by molar-refractivity contribution is 5.86. The number of Topliss-reactive ketones (excluding diaryl/α,β-unsaturated/α-hetero) is 1. The van der Waals surface area contributed by atoms with Gasteiger partial charge in [0.25, 0.3) is 0 Å². The normalized spacial score (nSPS) is 28.9. The number of carbonyl (C=O) groups excluding carboxylic acids is 1. The van der Waals surface area contributed by atoms with Crippen LogP contribution in [0.15, 0.2) is 0 Å². The molecule has 0 aromatic rings. The lowest BCUT2D eigenvalue weighted by Gasteiger charge is -2.32. The third-order valence-corrected chi connectivity index (χ3v) is 3.86. The zero-order valence-electron chi connectivity index (χ0n) is 10.1. The van der Waals surface area contributed by atoms with Crippen LogP contribution in [0, 0.1) is 17.3 Å². The highest BCUT2D eigenvalue weighted by Crippen LogP contribution is 2.35. The number of hydrogen-bond acceptors (Lipinski definition) is 1. The number of rotatable bonds is 3. The summed E-state index contributed by atoms with van der Waals surface area (Å²) in [5.41, 5.74) is -0.0955. The predicted octanol–water partition coefficient (Wildman–Crippen LogP) is 3.82. The molecule has 2 atom stereocenters. The molecule has 0 spiro atoms. The second-order valence-corrected chi connectivity index (χ2v) is 5.57. The molecule has 1 rings (SSSR count). The zero-order chi connectivity index (χ0) is 10.8. The monoisotopic (exact) mass is 196 g/mol. The van der Waals surface area contributed by atoms with Crippen LogP contribution in [-0.2, 0) is 4.79 Å².